The third kappa shape index (κ3) is 1.92. The molecule has 1 aliphatic carbocycles. The SMILES string of the molecule is CC(C)N1CCC2(CCC(F)[C@H]2N)CC1. The fourth-order valence-corrected chi connectivity index (χ4v) is 3.22. The van der Waals surface area contributed by atoms with Crippen molar-refractivity contribution in [3.05, 3.63) is 0 Å². The highest BCUT2D eigenvalue weighted by atomic mass is 19.1. The summed E-state index contributed by atoms with van der Waals surface area (Å²) in [4.78, 5) is 2.48. The van der Waals surface area contributed by atoms with Gasteiger partial charge in [0.2, 0.25) is 0 Å². The molecule has 15 heavy (non-hydrogen) atoms. The number of rotatable bonds is 1. The molecule has 0 bridgehead atoms. The Balaban J connectivity index is 1.98. The van der Waals surface area contributed by atoms with E-state index in [1.54, 1.807) is 0 Å². The zero-order valence-corrected chi connectivity index (χ0v) is 9.88. The molecule has 1 saturated carbocycles. The second kappa shape index (κ2) is 4.02. The monoisotopic (exact) mass is 214 g/mol. The molecule has 2 fully saturated rings. The van der Waals surface area contributed by atoms with Crippen LogP contribution in [0, 0.1) is 5.41 Å². The van der Waals surface area contributed by atoms with Crippen LogP contribution in [-0.2, 0) is 0 Å². The van der Waals surface area contributed by atoms with Crippen LogP contribution in [0.4, 0.5) is 4.39 Å². The summed E-state index contributed by atoms with van der Waals surface area (Å²) in [5.41, 5.74) is 6.15. The molecule has 0 amide bonds. The quantitative estimate of drug-likeness (QED) is 0.722. The highest BCUT2D eigenvalue weighted by Crippen LogP contribution is 2.46. The average Bonchev–Trinajstić information content (AvgIpc) is 2.48. The first kappa shape index (κ1) is 11.3. The zero-order chi connectivity index (χ0) is 11.1. The van der Waals surface area contributed by atoms with Crippen molar-refractivity contribution in [2.75, 3.05) is 13.1 Å². The number of hydrogen-bond acceptors (Lipinski definition) is 2. The van der Waals surface area contributed by atoms with Crippen molar-refractivity contribution < 1.29 is 4.39 Å². The van der Waals surface area contributed by atoms with Gasteiger partial charge in [-0.3, -0.25) is 0 Å². The topological polar surface area (TPSA) is 29.3 Å². The van der Waals surface area contributed by atoms with Crippen molar-refractivity contribution in [2.24, 2.45) is 11.1 Å². The van der Waals surface area contributed by atoms with E-state index in [-0.39, 0.29) is 11.5 Å². The summed E-state index contributed by atoms with van der Waals surface area (Å²) >= 11 is 0. The van der Waals surface area contributed by atoms with E-state index in [2.05, 4.69) is 18.7 Å². The van der Waals surface area contributed by atoms with Crippen molar-refractivity contribution in [1.82, 2.24) is 4.90 Å². The number of alkyl halides is 1. The standard InChI is InChI=1S/C12H23FN2/c1-9(2)15-7-5-12(6-8-15)4-3-10(13)11(12)14/h9-11H,3-8,14H2,1-2H3/t10?,11-/m1/s1. The first-order valence-corrected chi connectivity index (χ1v) is 6.19. The number of piperidine rings is 1. The molecule has 2 N–H and O–H groups in total. The molecule has 0 radical (unpaired) electrons. The van der Waals surface area contributed by atoms with Crippen LogP contribution in [0.25, 0.3) is 0 Å². The minimum absolute atomic E-state index is 0.130. The van der Waals surface area contributed by atoms with Gasteiger partial charge in [-0.15, -0.1) is 0 Å². The third-order valence-corrected chi connectivity index (χ3v) is 4.54. The highest BCUT2D eigenvalue weighted by molar-refractivity contribution is 5.02. The Hall–Kier alpha value is -0.150. The minimum Gasteiger partial charge on any atom is -0.325 e. The average molecular weight is 214 g/mol. The van der Waals surface area contributed by atoms with E-state index in [0.29, 0.717) is 12.5 Å². The summed E-state index contributed by atoms with van der Waals surface area (Å²) in [6, 6.07) is 0.410. The van der Waals surface area contributed by atoms with Gasteiger partial charge in [-0.25, -0.2) is 4.39 Å². The Kier molecular flexibility index (Phi) is 3.04. The Bertz CT molecular complexity index is 222. The van der Waals surface area contributed by atoms with Crippen LogP contribution in [0.2, 0.25) is 0 Å². The largest absolute Gasteiger partial charge is 0.325 e. The Morgan fingerprint density at radius 2 is 1.87 bits per heavy atom. The molecule has 2 aliphatic rings. The van der Waals surface area contributed by atoms with E-state index in [0.717, 1.165) is 32.4 Å². The first-order chi connectivity index (χ1) is 7.05. The molecule has 1 unspecified atom stereocenters. The molecule has 1 heterocycles. The van der Waals surface area contributed by atoms with Crippen LogP contribution < -0.4 is 5.73 Å². The van der Waals surface area contributed by atoms with Crippen molar-refractivity contribution >= 4 is 0 Å². The maximum absolute atomic E-state index is 13.5. The lowest BCUT2D eigenvalue weighted by atomic mass is 9.74. The van der Waals surface area contributed by atoms with E-state index in [9.17, 15) is 4.39 Å². The Morgan fingerprint density at radius 3 is 2.27 bits per heavy atom. The lowest BCUT2D eigenvalue weighted by Gasteiger charge is -2.43. The number of likely N-dealkylation sites (tertiary alicyclic amines) is 1. The van der Waals surface area contributed by atoms with E-state index in [4.69, 9.17) is 5.73 Å². The second-order valence-electron chi connectivity index (χ2n) is 5.57. The van der Waals surface area contributed by atoms with Gasteiger partial charge in [0.25, 0.3) is 0 Å². The second-order valence-corrected chi connectivity index (χ2v) is 5.57. The molecule has 2 atom stereocenters. The summed E-state index contributed by atoms with van der Waals surface area (Å²) in [6.45, 7) is 6.64. The van der Waals surface area contributed by atoms with Gasteiger partial charge in [0.05, 0.1) is 0 Å². The number of nitrogens with zero attached hydrogens (tertiary/aromatic N) is 1. The zero-order valence-electron chi connectivity index (χ0n) is 9.88. The van der Waals surface area contributed by atoms with Crippen LogP contribution in [0.3, 0.4) is 0 Å². The van der Waals surface area contributed by atoms with E-state index in [1.165, 1.54) is 0 Å². The molecular formula is C12H23FN2. The smallest absolute Gasteiger partial charge is 0.116 e. The summed E-state index contributed by atoms with van der Waals surface area (Å²) < 4.78 is 13.5. The predicted molar refractivity (Wildman–Crippen MR) is 60.5 cm³/mol. The molecule has 0 aromatic carbocycles. The van der Waals surface area contributed by atoms with Crippen LogP contribution in [0.5, 0.6) is 0 Å². The van der Waals surface area contributed by atoms with Gasteiger partial charge in [-0.05, 0) is 58.0 Å². The lowest BCUT2D eigenvalue weighted by molar-refractivity contribution is 0.0677. The van der Waals surface area contributed by atoms with Crippen molar-refractivity contribution in [3.8, 4) is 0 Å². The Labute approximate surface area is 92.0 Å². The van der Waals surface area contributed by atoms with Crippen molar-refractivity contribution in [2.45, 2.75) is 57.8 Å². The molecule has 88 valence electrons. The number of hydrogen-bond donors (Lipinski definition) is 1. The summed E-state index contributed by atoms with van der Waals surface area (Å²) in [5.74, 6) is 0. The maximum atomic E-state index is 13.5. The predicted octanol–water partition coefficient (Wildman–Crippen LogP) is 1.94. The van der Waals surface area contributed by atoms with Gasteiger partial charge in [-0.2, -0.15) is 0 Å². The lowest BCUT2D eigenvalue weighted by Crippen LogP contribution is -2.50. The molecule has 1 aliphatic heterocycles. The molecule has 2 nitrogen and oxygen atoms in total. The summed E-state index contributed by atoms with van der Waals surface area (Å²) in [6.07, 6.45) is 3.11. The van der Waals surface area contributed by atoms with E-state index in [1.807, 2.05) is 0 Å². The van der Waals surface area contributed by atoms with Crippen molar-refractivity contribution in [3.63, 3.8) is 0 Å². The molecule has 1 saturated heterocycles. The van der Waals surface area contributed by atoms with Gasteiger partial charge in [0.15, 0.2) is 0 Å². The highest BCUT2D eigenvalue weighted by Gasteiger charge is 2.48. The maximum Gasteiger partial charge on any atom is 0.116 e. The normalized spacial score (nSPS) is 36.6. The van der Waals surface area contributed by atoms with Gasteiger partial charge in [0.1, 0.15) is 6.17 Å². The van der Waals surface area contributed by atoms with Crippen LogP contribution in [0.15, 0.2) is 0 Å². The number of halogens is 1. The third-order valence-electron chi connectivity index (χ3n) is 4.54. The van der Waals surface area contributed by atoms with Crippen molar-refractivity contribution in [1.29, 1.82) is 0 Å². The van der Waals surface area contributed by atoms with E-state index < -0.39 is 6.17 Å². The van der Waals surface area contributed by atoms with Gasteiger partial charge in [0, 0.05) is 12.1 Å². The summed E-state index contributed by atoms with van der Waals surface area (Å²) in [5, 5.41) is 0. The summed E-state index contributed by atoms with van der Waals surface area (Å²) in [7, 11) is 0. The molecule has 3 heteroatoms. The van der Waals surface area contributed by atoms with E-state index >= 15 is 0 Å². The van der Waals surface area contributed by atoms with Gasteiger partial charge < -0.3 is 10.6 Å². The Morgan fingerprint density at radius 1 is 1.27 bits per heavy atom. The first-order valence-electron chi connectivity index (χ1n) is 6.19. The fraction of sp³-hybridized carbons (Fsp3) is 1.00. The van der Waals surface area contributed by atoms with Gasteiger partial charge in [-0.1, -0.05) is 0 Å². The molecular weight excluding hydrogens is 191 g/mol. The van der Waals surface area contributed by atoms with Crippen LogP contribution in [0.1, 0.15) is 39.5 Å². The van der Waals surface area contributed by atoms with Crippen LogP contribution >= 0.6 is 0 Å². The molecule has 1 spiro atoms. The molecule has 0 aromatic rings. The molecule has 0 aromatic heterocycles. The van der Waals surface area contributed by atoms with Gasteiger partial charge >= 0.3 is 0 Å². The fourth-order valence-electron chi connectivity index (χ4n) is 3.22. The number of nitrogens with two attached hydrogens (primary N) is 1. The van der Waals surface area contributed by atoms with Crippen LogP contribution in [-0.4, -0.2) is 36.2 Å². The molecule has 2 rings (SSSR count). The minimum atomic E-state index is -0.754.